The number of ether oxygens (including phenoxy) is 1. The SMILES string of the molecule is COc1ccccc1-c1[nH]c2ncc(F)cc2c1-c1ccccc1C#N. The van der Waals surface area contributed by atoms with Crippen LogP contribution in [0.2, 0.25) is 0 Å². The topological polar surface area (TPSA) is 61.7 Å². The van der Waals surface area contributed by atoms with Crippen molar-refractivity contribution in [3.8, 4) is 34.2 Å². The molecular weight excluding hydrogens is 329 g/mol. The summed E-state index contributed by atoms with van der Waals surface area (Å²) in [4.78, 5) is 7.43. The number of fused-ring (bicyclic) bond motifs is 1. The van der Waals surface area contributed by atoms with Gasteiger partial charge in [-0.05, 0) is 24.3 Å². The molecule has 0 bridgehead atoms. The number of aromatic amines is 1. The minimum Gasteiger partial charge on any atom is -0.496 e. The van der Waals surface area contributed by atoms with E-state index in [-0.39, 0.29) is 0 Å². The second kappa shape index (κ2) is 6.34. The van der Waals surface area contributed by atoms with E-state index in [2.05, 4.69) is 16.0 Å². The second-order valence-electron chi connectivity index (χ2n) is 5.78. The van der Waals surface area contributed by atoms with E-state index in [9.17, 15) is 9.65 Å². The summed E-state index contributed by atoms with van der Waals surface area (Å²) in [5.41, 5.74) is 4.06. The molecule has 4 nitrogen and oxygen atoms in total. The largest absolute Gasteiger partial charge is 0.496 e. The standard InChI is InChI=1S/C21H14FN3O/c1-26-18-9-5-4-8-16(18)20-19(15-7-3-2-6-13(15)11-23)17-10-14(22)12-24-21(17)25-20/h2-10,12H,1H3,(H,24,25). The quantitative estimate of drug-likeness (QED) is 0.574. The van der Waals surface area contributed by atoms with Gasteiger partial charge < -0.3 is 9.72 Å². The van der Waals surface area contributed by atoms with Crippen molar-refractivity contribution >= 4 is 11.0 Å². The molecule has 0 fully saturated rings. The van der Waals surface area contributed by atoms with Crippen molar-refractivity contribution in [3.05, 3.63) is 72.2 Å². The highest BCUT2D eigenvalue weighted by atomic mass is 19.1. The minimum atomic E-state index is -0.432. The third-order valence-electron chi connectivity index (χ3n) is 4.31. The lowest BCUT2D eigenvalue weighted by molar-refractivity contribution is 0.416. The number of para-hydroxylation sites is 1. The highest BCUT2D eigenvalue weighted by Crippen LogP contribution is 2.42. The molecule has 126 valence electrons. The lowest BCUT2D eigenvalue weighted by atomic mass is 9.95. The molecule has 26 heavy (non-hydrogen) atoms. The van der Waals surface area contributed by atoms with Gasteiger partial charge in [-0.2, -0.15) is 5.26 Å². The van der Waals surface area contributed by atoms with Crippen LogP contribution in [0, 0.1) is 17.1 Å². The van der Waals surface area contributed by atoms with Gasteiger partial charge in [-0.1, -0.05) is 30.3 Å². The van der Waals surface area contributed by atoms with E-state index in [1.165, 1.54) is 12.3 Å². The Morgan fingerprint density at radius 2 is 1.81 bits per heavy atom. The summed E-state index contributed by atoms with van der Waals surface area (Å²) in [6, 6.07) is 18.4. The molecular formula is C21H14FN3O. The fourth-order valence-electron chi connectivity index (χ4n) is 3.18. The maximum atomic E-state index is 13.9. The maximum absolute atomic E-state index is 13.9. The summed E-state index contributed by atoms with van der Waals surface area (Å²) in [7, 11) is 1.60. The van der Waals surface area contributed by atoms with Crippen LogP contribution in [0.4, 0.5) is 4.39 Å². The molecule has 5 heteroatoms. The maximum Gasteiger partial charge on any atom is 0.142 e. The van der Waals surface area contributed by atoms with Gasteiger partial charge in [0.05, 0.1) is 30.6 Å². The average Bonchev–Trinajstić information content (AvgIpc) is 3.06. The third-order valence-corrected chi connectivity index (χ3v) is 4.31. The van der Waals surface area contributed by atoms with Crippen LogP contribution in [0.15, 0.2) is 60.8 Å². The van der Waals surface area contributed by atoms with E-state index in [1.807, 2.05) is 36.4 Å². The van der Waals surface area contributed by atoms with Crippen LogP contribution in [0.3, 0.4) is 0 Å². The Balaban J connectivity index is 2.13. The zero-order valence-corrected chi connectivity index (χ0v) is 14.0. The van der Waals surface area contributed by atoms with Gasteiger partial charge in [0.1, 0.15) is 17.2 Å². The normalized spacial score (nSPS) is 10.7. The fourth-order valence-corrected chi connectivity index (χ4v) is 3.18. The molecule has 2 aromatic heterocycles. The van der Waals surface area contributed by atoms with E-state index in [4.69, 9.17) is 4.74 Å². The number of nitrogens with zero attached hydrogens (tertiary/aromatic N) is 2. The molecule has 0 unspecified atom stereocenters. The monoisotopic (exact) mass is 343 g/mol. The molecule has 4 rings (SSSR count). The average molecular weight is 343 g/mol. The van der Waals surface area contributed by atoms with Gasteiger partial charge in [0.2, 0.25) is 0 Å². The van der Waals surface area contributed by atoms with E-state index in [0.29, 0.717) is 22.3 Å². The molecule has 0 aliphatic rings. The zero-order chi connectivity index (χ0) is 18.1. The van der Waals surface area contributed by atoms with Crippen LogP contribution in [0.1, 0.15) is 5.56 Å². The molecule has 2 heterocycles. The first kappa shape index (κ1) is 15.9. The van der Waals surface area contributed by atoms with Crippen molar-refractivity contribution in [2.45, 2.75) is 0 Å². The minimum absolute atomic E-state index is 0.432. The summed E-state index contributed by atoms with van der Waals surface area (Å²) in [5.74, 6) is 0.244. The number of pyridine rings is 1. The summed E-state index contributed by atoms with van der Waals surface area (Å²) in [6.45, 7) is 0. The highest BCUT2D eigenvalue weighted by Gasteiger charge is 2.20. The van der Waals surface area contributed by atoms with E-state index in [0.717, 1.165) is 22.4 Å². The molecule has 0 radical (unpaired) electrons. The van der Waals surface area contributed by atoms with Crippen LogP contribution >= 0.6 is 0 Å². The molecule has 0 aliphatic heterocycles. The van der Waals surface area contributed by atoms with Gasteiger partial charge in [0.25, 0.3) is 0 Å². The molecule has 0 saturated heterocycles. The Hall–Kier alpha value is -3.65. The van der Waals surface area contributed by atoms with Gasteiger partial charge in [0, 0.05) is 22.1 Å². The van der Waals surface area contributed by atoms with Crippen molar-refractivity contribution in [1.29, 1.82) is 5.26 Å². The predicted molar refractivity (Wildman–Crippen MR) is 98.2 cm³/mol. The van der Waals surface area contributed by atoms with E-state index < -0.39 is 5.82 Å². The van der Waals surface area contributed by atoms with E-state index >= 15 is 0 Å². The third kappa shape index (κ3) is 2.49. The Bertz CT molecular complexity index is 1160. The summed E-state index contributed by atoms with van der Waals surface area (Å²) in [5, 5.41) is 10.2. The Kier molecular flexibility index (Phi) is 3.86. The van der Waals surface area contributed by atoms with Crippen LogP contribution in [0.5, 0.6) is 5.75 Å². The number of H-pyrrole nitrogens is 1. The number of rotatable bonds is 3. The molecule has 0 saturated carbocycles. The molecule has 0 amide bonds. The fraction of sp³-hybridized carbons (Fsp3) is 0.0476. The first-order valence-electron chi connectivity index (χ1n) is 8.03. The second-order valence-corrected chi connectivity index (χ2v) is 5.78. The molecule has 0 spiro atoms. The molecule has 4 aromatic rings. The van der Waals surface area contributed by atoms with Gasteiger partial charge in [-0.3, -0.25) is 0 Å². The van der Waals surface area contributed by atoms with Gasteiger partial charge in [-0.15, -0.1) is 0 Å². The number of hydrogen-bond acceptors (Lipinski definition) is 3. The lowest BCUT2D eigenvalue weighted by Gasteiger charge is -2.10. The number of aromatic nitrogens is 2. The number of hydrogen-bond donors (Lipinski definition) is 1. The Morgan fingerprint density at radius 1 is 1.08 bits per heavy atom. The van der Waals surface area contributed by atoms with Crippen LogP contribution in [0.25, 0.3) is 33.4 Å². The summed E-state index contributed by atoms with van der Waals surface area (Å²) >= 11 is 0. The van der Waals surface area contributed by atoms with Crippen molar-refractivity contribution in [3.63, 3.8) is 0 Å². The number of nitriles is 1. The van der Waals surface area contributed by atoms with Gasteiger partial charge in [-0.25, -0.2) is 9.37 Å². The molecule has 1 N–H and O–H groups in total. The lowest BCUT2D eigenvalue weighted by Crippen LogP contribution is -1.90. The summed E-state index contributed by atoms with van der Waals surface area (Å²) in [6.07, 6.45) is 1.17. The molecule has 2 aromatic carbocycles. The number of halogens is 1. The van der Waals surface area contributed by atoms with Crippen molar-refractivity contribution in [1.82, 2.24) is 9.97 Å². The van der Waals surface area contributed by atoms with E-state index in [1.54, 1.807) is 19.2 Å². The van der Waals surface area contributed by atoms with Crippen LogP contribution in [-0.2, 0) is 0 Å². The number of nitrogens with one attached hydrogen (secondary N) is 1. The summed E-state index contributed by atoms with van der Waals surface area (Å²) < 4.78 is 19.4. The zero-order valence-electron chi connectivity index (χ0n) is 14.0. The Morgan fingerprint density at radius 3 is 2.58 bits per heavy atom. The van der Waals surface area contributed by atoms with Crippen molar-refractivity contribution in [2.75, 3.05) is 7.11 Å². The molecule has 0 atom stereocenters. The number of benzene rings is 2. The first-order chi connectivity index (χ1) is 12.7. The van der Waals surface area contributed by atoms with Gasteiger partial charge in [0.15, 0.2) is 0 Å². The van der Waals surface area contributed by atoms with Gasteiger partial charge >= 0.3 is 0 Å². The smallest absolute Gasteiger partial charge is 0.142 e. The van der Waals surface area contributed by atoms with Crippen molar-refractivity contribution < 1.29 is 9.13 Å². The van der Waals surface area contributed by atoms with Crippen LogP contribution in [-0.4, -0.2) is 17.1 Å². The van der Waals surface area contributed by atoms with Crippen molar-refractivity contribution in [2.24, 2.45) is 0 Å². The predicted octanol–water partition coefficient (Wildman–Crippen LogP) is 4.92. The molecule has 0 aliphatic carbocycles. The Labute approximate surface area is 149 Å². The highest BCUT2D eigenvalue weighted by molar-refractivity contribution is 6.04. The van der Waals surface area contributed by atoms with Crippen LogP contribution < -0.4 is 4.74 Å². The number of methoxy groups -OCH3 is 1. The first-order valence-corrected chi connectivity index (χ1v) is 8.03.